The third-order valence-corrected chi connectivity index (χ3v) is 3.39. The van der Waals surface area contributed by atoms with E-state index in [2.05, 4.69) is 4.98 Å². The first-order valence-corrected chi connectivity index (χ1v) is 7.25. The topological polar surface area (TPSA) is 59.2 Å². The van der Waals surface area contributed by atoms with Crippen LogP contribution >= 0.6 is 0 Å². The molecule has 0 aliphatic carbocycles. The van der Waals surface area contributed by atoms with E-state index in [-0.39, 0.29) is 17.7 Å². The standard InChI is InChI=1S/C19H15NO3/c21-18-13-16(15-10-4-5-11-17(15)20-18)19(22)23-12-6-9-14-7-2-1-3-8-14/h1-11,13H,12H2,(H,20,21)/b9-6+. The zero-order valence-corrected chi connectivity index (χ0v) is 12.4. The Morgan fingerprint density at radius 2 is 1.78 bits per heavy atom. The highest BCUT2D eigenvalue weighted by Crippen LogP contribution is 2.15. The molecule has 1 heterocycles. The molecule has 4 nitrogen and oxygen atoms in total. The summed E-state index contributed by atoms with van der Waals surface area (Å²) in [7, 11) is 0. The van der Waals surface area contributed by atoms with Gasteiger partial charge in [-0.2, -0.15) is 0 Å². The zero-order chi connectivity index (χ0) is 16.1. The maximum absolute atomic E-state index is 12.2. The van der Waals surface area contributed by atoms with Crippen LogP contribution in [0.4, 0.5) is 0 Å². The van der Waals surface area contributed by atoms with Gasteiger partial charge in [0, 0.05) is 17.0 Å². The van der Waals surface area contributed by atoms with Crippen LogP contribution in [0.5, 0.6) is 0 Å². The monoisotopic (exact) mass is 305 g/mol. The molecule has 2 aromatic carbocycles. The van der Waals surface area contributed by atoms with Gasteiger partial charge in [-0.3, -0.25) is 4.79 Å². The number of benzene rings is 2. The fourth-order valence-electron chi connectivity index (χ4n) is 2.32. The zero-order valence-electron chi connectivity index (χ0n) is 12.4. The minimum absolute atomic E-state index is 0.148. The van der Waals surface area contributed by atoms with Crippen LogP contribution < -0.4 is 5.56 Å². The second kappa shape index (κ2) is 6.75. The van der Waals surface area contributed by atoms with Crippen LogP contribution in [0, 0.1) is 0 Å². The average Bonchev–Trinajstić information content (AvgIpc) is 2.58. The number of ether oxygens (including phenoxy) is 1. The molecule has 0 atom stereocenters. The molecule has 0 saturated heterocycles. The number of hydrogen-bond acceptors (Lipinski definition) is 3. The van der Waals surface area contributed by atoms with E-state index >= 15 is 0 Å². The number of aromatic amines is 1. The van der Waals surface area contributed by atoms with Gasteiger partial charge in [-0.25, -0.2) is 4.79 Å². The van der Waals surface area contributed by atoms with E-state index in [0.29, 0.717) is 10.9 Å². The first-order valence-electron chi connectivity index (χ1n) is 7.25. The summed E-state index contributed by atoms with van der Waals surface area (Å²) in [6.45, 7) is 0.148. The molecule has 3 rings (SSSR count). The first kappa shape index (κ1) is 14.8. The molecule has 0 saturated carbocycles. The molecule has 23 heavy (non-hydrogen) atoms. The Morgan fingerprint density at radius 1 is 1.04 bits per heavy atom. The molecule has 1 aromatic heterocycles. The van der Waals surface area contributed by atoms with E-state index in [9.17, 15) is 9.59 Å². The molecule has 114 valence electrons. The van der Waals surface area contributed by atoms with E-state index < -0.39 is 5.97 Å². The molecular weight excluding hydrogens is 290 g/mol. The van der Waals surface area contributed by atoms with Crippen LogP contribution in [0.25, 0.3) is 17.0 Å². The second-order valence-electron chi connectivity index (χ2n) is 5.00. The normalized spacial score (nSPS) is 11.0. The van der Waals surface area contributed by atoms with Gasteiger partial charge in [0.15, 0.2) is 0 Å². The van der Waals surface area contributed by atoms with Gasteiger partial charge < -0.3 is 9.72 Å². The smallest absolute Gasteiger partial charge is 0.339 e. The van der Waals surface area contributed by atoms with Gasteiger partial charge in [0.1, 0.15) is 6.61 Å². The molecule has 4 heteroatoms. The molecule has 1 N–H and O–H groups in total. The molecule has 0 amide bonds. The number of carbonyl (C=O) groups excluding carboxylic acids is 1. The minimum Gasteiger partial charge on any atom is -0.458 e. The van der Waals surface area contributed by atoms with Crippen molar-refractivity contribution in [2.24, 2.45) is 0 Å². The number of esters is 1. The van der Waals surface area contributed by atoms with Gasteiger partial charge in [-0.1, -0.05) is 54.6 Å². The summed E-state index contributed by atoms with van der Waals surface area (Å²) in [6, 6.07) is 18.2. The predicted molar refractivity (Wildman–Crippen MR) is 90.3 cm³/mol. The number of rotatable bonds is 4. The van der Waals surface area contributed by atoms with Gasteiger partial charge in [0.05, 0.1) is 5.56 Å². The van der Waals surface area contributed by atoms with Crippen LogP contribution in [-0.4, -0.2) is 17.6 Å². The molecule has 0 radical (unpaired) electrons. The summed E-state index contributed by atoms with van der Waals surface area (Å²) < 4.78 is 5.23. The van der Waals surface area contributed by atoms with Crippen molar-refractivity contribution in [3.05, 3.63) is 88.2 Å². The Labute approximate surface area is 133 Å². The van der Waals surface area contributed by atoms with Crippen LogP contribution in [-0.2, 0) is 4.74 Å². The van der Waals surface area contributed by atoms with Crippen LogP contribution in [0.3, 0.4) is 0 Å². The van der Waals surface area contributed by atoms with Gasteiger partial charge in [0.2, 0.25) is 5.56 Å². The summed E-state index contributed by atoms with van der Waals surface area (Å²) in [5, 5.41) is 0.670. The molecule has 3 aromatic rings. The lowest BCUT2D eigenvalue weighted by molar-refractivity contribution is 0.0552. The molecular formula is C19H15NO3. The molecule has 0 bridgehead atoms. The summed E-state index contributed by atoms with van der Waals surface area (Å²) in [6.07, 6.45) is 3.64. The lowest BCUT2D eigenvalue weighted by Crippen LogP contribution is -2.12. The molecule has 0 fully saturated rings. The Morgan fingerprint density at radius 3 is 2.61 bits per heavy atom. The fraction of sp³-hybridized carbons (Fsp3) is 0.0526. The Balaban J connectivity index is 1.74. The number of para-hydroxylation sites is 1. The van der Waals surface area contributed by atoms with Crippen molar-refractivity contribution in [3.63, 3.8) is 0 Å². The second-order valence-corrected chi connectivity index (χ2v) is 5.00. The highest BCUT2D eigenvalue weighted by Gasteiger charge is 2.12. The minimum atomic E-state index is -0.509. The Bertz CT molecular complexity index is 911. The van der Waals surface area contributed by atoms with E-state index in [0.717, 1.165) is 5.56 Å². The Kier molecular flexibility index (Phi) is 4.34. The maximum atomic E-state index is 12.2. The van der Waals surface area contributed by atoms with E-state index in [1.807, 2.05) is 42.5 Å². The van der Waals surface area contributed by atoms with E-state index in [1.54, 1.807) is 24.3 Å². The first-order chi connectivity index (χ1) is 11.2. The number of hydrogen-bond donors (Lipinski definition) is 1. The SMILES string of the molecule is O=C(OC/C=C/c1ccccc1)c1cc(=O)[nH]c2ccccc12. The van der Waals surface area contributed by atoms with Crippen molar-refractivity contribution >= 4 is 22.9 Å². The third-order valence-electron chi connectivity index (χ3n) is 3.39. The third kappa shape index (κ3) is 3.55. The van der Waals surface area contributed by atoms with Crippen LogP contribution in [0.15, 0.2) is 71.5 Å². The average molecular weight is 305 g/mol. The van der Waals surface area contributed by atoms with Gasteiger partial charge >= 0.3 is 5.97 Å². The summed E-state index contributed by atoms with van der Waals surface area (Å²) in [4.78, 5) is 26.6. The molecule has 0 spiro atoms. The van der Waals surface area contributed by atoms with Gasteiger partial charge in [-0.05, 0) is 17.7 Å². The van der Waals surface area contributed by atoms with Gasteiger partial charge in [-0.15, -0.1) is 0 Å². The number of fused-ring (bicyclic) bond motifs is 1. The quantitative estimate of drug-likeness (QED) is 0.752. The Hall–Kier alpha value is -3.14. The van der Waals surface area contributed by atoms with Crippen molar-refractivity contribution < 1.29 is 9.53 Å². The number of aromatic nitrogens is 1. The van der Waals surface area contributed by atoms with Crippen molar-refractivity contribution in [2.75, 3.05) is 6.61 Å². The number of nitrogens with one attached hydrogen (secondary N) is 1. The lowest BCUT2D eigenvalue weighted by Gasteiger charge is -2.05. The number of H-pyrrole nitrogens is 1. The number of carbonyl (C=O) groups is 1. The predicted octanol–water partition coefficient (Wildman–Crippen LogP) is 3.40. The fourth-order valence-corrected chi connectivity index (χ4v) is 2.32. The highest BCUT2D eigenvalue weighted by atomic mass is 16.5. The summed E-state index contributed by atoms with van der Waals surface area (Å²) in [5.41, 5.74) is 1.60. The van der Waals surface area contributed by atoms with Crippen LogP contribution in [0.1, 0.15) is 15.9 Å². The van der Waals surface area contributed by atoms with Gasteiger partial charge in [0.25, 0.3) is 0 Å². The number of pyridine rings is 1. The molecule has 0 aliphatic rings. The van der Waals surface area contributed by atoms with Crippen molar-refractivity contribution in [2.45, 2.75) is 0 Å². The summed E-state index contributed by atoms with van der Waals surface area (Å²) >= 11 is 0. The lowest BCUT2D eigenvalue weighted by atomic mass is 10.1. The summed E-state index contributed by atoms with van der Waals surface area (Å²) in [5.74, 6) is -0.509. The van der Waals surface area contributed by atoms with E-state index in [1.165, 1.54) is 6.07 Å². The van der Waals surface area contributed by atoms with E-state index in [4.69, 9.17) is 4.74 Å². The van der Waals surface area contributed by atoms with Crippen molar-refractivity contribution in [1.29, 1.82) is 0 Å². The molecule has 0 unspecified atom stereocenters. The van der Waals surface area contributed by atoms with Crippen LogP contribution in [0.2, 0.25) is 0 Å². The van der Waals surface area contributed by atoms with Crippen molar-refractivity contribution in [3.8, 4) is 0 Å². The largest absolute Gasteiger partial charge is 0.458 e. The van der Waals surface area contributed by atoms with Crippen molar-refractivity contribution in [1.82, 2.24) is 4.98 Å². The highest BCUT2D eigenvalue weighted by molar-refractivity contribution is 6.03. The maximum Gasteiger partial charge on any atom is 0.339 e. The molecule has 0 aliphatic heterocycles.